The molecule has 0 N–H and O–H groups in total. The lowest BCUT2D eigenvalue weighted by Crippen LogP contribution is -2.19. The second-order valence-corrected chi connectivity index (χ2v) is 6.53. The van der Waals surface area contributed by atoms with Crippen molar-refractivity contribution in [3.05, 3.63) is 84.5 Å². The number of aromatic nitrogens is 1. The first-order chi connectivity index (χ1) is 13.7. The van der Waals surface area contributed by atoms with Crippen LogP contribution in [0.3, 0.4) is 0 Å². The molecule has 1 aromatic carbocycles. The first-order valence-corrected chi connectivity index (χ1v) is 9.10. The predicted molar refractivity (Wildman–Crippen MR) is 109 cm³/mol. The van der Waals surface area contributed by atoms with E-state index in [2.05, 4.69) is 28.2 Å². The Morgan fingerprint density at radius 1 is 0.964 bits per heavy atom. The molecule has 0 unspecified atom stereocenters. The Morgan fingerprint density at radius 3 is 2.32 bits per heavy atom. The Bertz CT molecular complexity index is 983. The Kier molecular flexibility index (Phi) is 5.15. The van der Waals surface area contributed by atoms with Crippen LogP contribution in [0.5, 0.6) is 11.5 Å². The van der Waals surface area contributed by atoms with Crippen LogP contribution in [0.2, 0.25) is 0 Å². The van der Waals surface area contributed by atoms with Crippen molar-refractivity contribution < 1.29 is 13.9 Å². The third kappa shape index (κ3) is 3.93. The van der Waals surface area contributed by atoms with E-state index in [1.54, 1.807) is 26.6 Å². The predicted octanol–water partition coefficient (Wildman–Crippen LogP) is 4.77. The largest absolute Gasteiger partial charge is 0.497 e. The maximum Gasteiger partial charge on any atom is 0.134 e. The standard InChI is InChI=1S/C23H22N2O3/c1-26-20-13-17(14-21(15-20)27-2)16-25-11-7-19(8-12-25)23-4-3-22(28-23)18-5-9-24-10-6-18/h3-11,13-15H,12,16H2,1-2H3. The number of furan rings is 1. The van der Waals surface area contributed by atoms with Crippen LogP contribution in [0.1, 0.15) is 11.3 Å². The summed E-state index contributed by atoms with van der Waals surface area (Å²) < 4.78 is 16.7. The van der Waals surface area contributed by atoms with E-state index in [0.29, 0.717) is 0 Å². The van der Waals surface area contributed by atoms with E-state index in [4.69, 9.17) is 13.9 Å². The minimum Gasteiger partial charge on any atom is -0.497 e. The number of hydrogen-bond donors (Lipinski definition) is 0. The van der Waals surface area contributed by atoms with Crippen LogP contribution in [0.4, 0.5) is 0 Å². The van der Waals surface area contributed by atoms with Crippen molar-refractivity contribution in [2.45, 2.75) is 6.54 Å². The van der Waals surface area contributed by atoms with Crippen LogP contribution in [0.15, 0.2) is 77.6 Å². The Morgan fingerprint density at radius 2 is 1.68 bits per heavy atom. The second-order valence-electron chi connectivity index (χ2n) is 6.53. The number of benzene rings is 1. The molecule has 28 heavy (non-hydrogen) atoms. The first-order valence-electron chi connectivity index (χ1n) is 9.10. The van der Waals surface area contributed by atoms with E-state index in [0.717, 1.165) is 52.8 Å². The van der Waals surface area contributed by atoms with E-state index in [-0.39, 0.29) is 0 Å². The maximum atomic E-state index is 6.02. The molecule has 4 rings (SSSR count). The van der Waals surface area contributed by atoms with E-state index >= 15 is 0 Å². The maximum absolute atomic E-state index is 6.02. The van der Waals surface area contributed by atoms with Crippen molar-refractivity contribution in [3.63, 3.8) is 0 Å². The van der Waals surface area contributed by atoms with Gasteiger partial charge < -0.3 is 18.8 Å². The number of hydrogen-bond acceptors (Lipinski definition) is 5. The van der Waals surface area contributed by atoms with E-state index in [1.807, 2.05) is 42.5 Å². The molecule has 5 nitrogen and oxygen atoms in total. The molecule has 0 bridgehead atoms. The van der Waals surface area contributed by atoms with Crippen LogP contribution in [0.25, 0.3) is 16.9 Å². The van der Waals surface area contributed by atoms with Gasteiger partial charge in [0.25, 0.3) is 0 Å². The highest BCUT2D eigenvalue weighted by molar-refractivity contribution is 5.73. The molecule has 2 aromatic heterocycles. The second kappa shape index (κ2) is 8.05. The Hall–Kier alpha value is -3.47. The molecule has 3 aromatic rings. The molecule has 5 heteroatoms. The van der Waals surface area contributed by atoms with Gasteiger partial charge in [0, 0.05) is 48.9 Å². The van der Waals surface area contributed by atoms with E-state index in [1.165, 1.54) is 0 Å². The summed E-state index contributed by atoms with van der Waals surface area (Å²) in [4.78, 5) is 6.27. The Labute approximate surface area is 164 Å². The topological polar surface area (TPSA) is 47.7 Å². The third-order valence-corrected chi connectivity index (χ3v) is 4.66. The summed E-state index contributed by atoms with van der Waals surface area (Å²) in [5.41, 5.74) is 3.24. The van der Waals surface area contributed by atoms with Crippen molar-refractivity contribution in [2.75, 3.05) is 20.8 Å². The average Bonchev–Trinajstić information content (AvgIpc) is 3.25. The molecule has 0 saturated carbocycles. The van der Waals surface area contributed by atoms with Gasteiger partial charge >= 0.3 is 0 Å². The van der Waals surface area contributed by atoms with Crippen molar-refractivity contribution in [1.82, 2.24) is 9.88 Å². The quantitative estimate of drug-likeness (QED) is 0.622. The van der Waals surface area contributed by atoms with Gasteiger partial charge in [-0.15, -0.1) is 0 Å². The van der Waals surface area contributed by atoms with Crippen molar-refractivity contribution in [3.8, 4) is 22.8 Å². The molecule has 0 saturated heterocycles. The molecule has 3 heterocycles. The fourth-order valence-corrected chi connectivity index (χ4v) is 3.19. The van der Waals surface area contributed by atoms with Crippen LogP contribution < -0.4 is 9.47 Å². The van der Waals surface area contributed by atoms with Gasteiger partial charge in [-0.2, -0.15) is 0 Å². The van der Waals surface area contributed by atoms with Crippen molar-refractivity contribution in [1.29, 1.82) is 0 Å². The number of rotatable bonds is 6. The van der Waals surface area contributed by atoms with Gasteiger partial charge in [-0.05, 0) is 48.0 Å². The van der Waals surface area contributed by atoms with E-state index in [9.17, 15) is 0 Å². The molecular formula is C23H22N2O3. The van der Waals surface area contributed by atoms with Gasteiger partial charge in [0.05, 0.1) is 14.2 Å². The van der Waals surface area contributed by atoms with Gasteiger partial charge in [0.1, 0.15) is 23.0 Å². The fraction of sp³-hybridized carbons (Fsp3) is 0.174. The van der Waals surface area contributed by atoms with Crippen molar-refractivity contribution >= 4 is 5.57 Å². The summed E-state index contributed by atoms with van der Waals surface area (Å²) in [7, 11) is 3.33. The summed E-state index contributed by atoms with van der Waals surface area (Å²) in [6.45, 7) is 1.57. The van der Waals surface area contributed by atoms with Gasteiger partial charge in [0.2, 0.25) is 0 Å². The lowest BCUT2D eigenvalue weighted by atomic mass is 10.1. The highest BCUT2D eigenvalue weighted by Crippen LogP contribution is 2.28. The molecule has 0 amide bonds. The first kappa shape index (κ1) is 17.9. The number of methoxy groups -OCH3 is 2. The monoisotopic (exact) mass is 374 g/mol. The molecule has 1 aliphatic rings. The summed E-state index contributed by atoms with van der Waals surface area (Å²) in [6.07, 6.45) is 9.88. The van der Waals surface area contributed by atoms with Crippen LogP contribution in [0, 0.1) is 0 Å². The van der Waals surface area contributed by atoms with E-state index < -0.39 is 0 Å². The summed E-state index contributed by atoms with van der Waals surface area (Å²) >= 11 is 0. The highest BCUT2D eigenvalue weighted by Gasteiger charge is 2.12. The molecule has 0 fully saturated rings. The minimum absolute atomic E-state index is 0.772. The van der Waals surface area contributed by atoms with Gasteiger partial charge in [-0.1, -0.05) is 6.08 Å². The molecule has 0 radical (unpaired) electrons. The average molecular weight is 374 g/mol. The smallest absolute Gasteiger partial charge is 0.134 e. The number of pyridine rings is 1. The fourth-order valence-electron chi connectivity index (χ4n) is 3.19. The zero-order valence-corrected chi connectivity index (χ0v) is 16.0. The molecule has 0 atom stereocenters. The summed E-state index contributed by atoms with van der Waals surface area (Å²) in [5, 5.41) is 0. The SMILES string of the molecule is COc1cc(CN2C=CC(c3ccc(-c4ccncc4)o3)=CC2)cc(OC)c1. The molecule has 0 spiro atoms. The summed E-state index contributed by atoms with van der Waals surface area (Å²) in [6, 6.07) is 13.8. The van der Waals surface area contributed by atoms with Crippen molar-refractivity contribution in [2.24, 2.45) is 0 Å². The normalized spacial score (nSPS) is 13.4. The van der Waals surface area contributed by atoms with Crippen LogP contribution in [-0.2, 0) is 6.54 Å². The molecule has 1 aliphatic heterocycles. The number of ether oxygens (including phenoxy) is 2. The van der Waals surface area contributed by atoms with Crippen LogP contribution in [-0.4, -0.2) is 30.6 Å². The van der Waals surface area contributed by atoms with Gasteiger partial charge in [-0.3, -0.25) is 4.98 Å². The minimum atomic E-state index is 0.772. The lowest BCUT2D eigenvalue weighted by molar-refractivity contribution is 0.383. The lowest BCUT2D eigenvalue weighted by Gasteiger charge is -2.23. The number of nitrogens with zero attached hydrogens (tertiary/aromatic N) is 2. The number of allylic oxidation sites excluding steroid dienone is 2. The summed E-state index contributed by atoms with van der Waals surface area (Å²) in [5.74, 6) is 3.31. The molecule has 142 valence electrons. The third-order valence-electron chi connectivity index (χ3n) is 4.66. The Balaban J connectivity index is 1.44. The molecule has 0 aliphatic carbocycles. The van der Waals surface area contributed by atoms with Crippen LogP contribution >= 0.6 is 0 Å². The highest BCUT2D eigenvalue weighted by atomic mass is 16.5. The zero-order chi connectivity index (χ0) is 19.3. The van der Waals surface area contributed by atoms with Gasteiger partial charge in [0.15, 0.2) is 0 Å². The zero-order valence-electron chi connectivity index (χ0n) is 16.0. The molecular weight excluding hydrogens is 352 g/mol. The van der Waals surface area contributed by atoms with Gasteiger partial charge in [-0.25, -0.2) is 0 Å².